The summed E-state index contributed by atoms with van der Waals surface area (Å²) in [5.41, 5.74) is 2.10. The molecule has 0 spiro atoms. The molecule has 2 rings (SSSR count). The standard InChI is InChI=1S/C14H24ClN3O2/c1-11-13(15)12(18(2)17-11)8-14(4-6-20-10-14)9-16-5-7-19-3/h16H,4-10H2,1-3H3. The maximum atomic E-state index is 6.37. The Morgan fingerprint density at radius 2 is 2.35 bits per heavy atom. The van der Waals surface area contributed by atoms with Crippen LogP contribution < -0.4 is 5.32 Å². The molecule has 114 valence electrons. The first-order chi connectivity index (χ1) is 9.58. The molecular weight excluding hydrogens is 278 g/mol. The van der Waals surface area contributed by atoms with Crippen molar-refractivity contribution in [3.8, 4) is 0 Å². The van der Waals surface area contributed by atoms with Crippen molar-refractivity contribution >= 4 is 11.6 Å². The van der Waals surface area contributed by atoms with Crippen molar-refractivity contribution in [2.45, 2.75) is 19.8 Å². The number of hydrogen-bond donors (Lipinski definition) is 1. The molecule has 1 aliphatic rings. The lowest BCUT2D eigenvalue weighted by molar-refractivity contribution is 0.143. The topological polar surface area (TPSA) is 48.3 Å². The molecule has 1 aliphatic heterocycles. The van der Waals surface area contributed by atoms with Gasteiger partial charge in [0.05, 0.1) is 29.6 Å². The molecule has 0 aliphatic carbocycles. The van der Waals surface area contributed by atoms with Crippen molar-refractivity contribution < 1.29 is 9.47 Å². The predicted octanol–water partition coefficient (Wildman–Crippen LogP) is 1.57. The van der Waals surface area contributed by atoms with Crippen LogP contribution in [0.5, 0.6) is 0 Å². The van der Waals surface area contributed by atoms with Crippen LogP contribution in [0.3, 0.4) is 0 Å². The minimum Gasteiger partial charge on any atom is -0.383 e. The van der Waals surface area contributed by atoms with Gasteiger partial charge >= 0.3 is 0 Å². The van der Waals surface area contributed by atoms with E-state index in [1.807, 2.05) is 18.7 Å². The molecule has 0 amide bonds. The molecular formula is C14H24ClN3O2. The molecule has 1 fully saturated rings. The highest BCUT2D eigenvalue weighted by Gasteiger charge is 2.36. The smallest absolute Gasteiger partial charge is 0.0847 e. The molecule has 6 heteroatoms. The van der Waals surface area contributed by atoms with Gasteiger partial charge in [0.15, 0.2) is 0 Å². The van der Waals surface area contributed by atoms with Crippen LogP contribution >= 0.6 is 11.6 Å². The summed E-state index contributed by atoms with van der Waals surface area (Å²) in [4.78, 5) is 0. The first-order valence-electron chi connectivity index (χ1n) is 7.03. The van der Waals surface area contributed by atoms with Crippen LogP contribution in [-0.4, -0.2) is 49.8 Å². The number of rotatable bonds is 7. The Bertz CT molecular complexity index is 442. The van der Waals surface area contributed by atoms with Crippen molar-refractivity contribution in [1.29, 1.82) is 0 Å². The third-order valence-corrected chi connectivity index (χ3v) is 4.46. The molecule has 1 saturated heterocycles. The van der Waals surface area contributed by atoms with Gasteiger partial charge in [-0.15, -0.1) is 0 Å². The second kappa shape index (κ2) is 6.89. The normalized spacial score (nSPS) is 22.6. The zero-order valence-corrected chi connectivity index (χ0v) is 13.3. The number of aryl methyl sites for hydroxylation is 2. The molecule has 1 N–H and O–H groups in total. The third kappa shape index (κ3) is 3.52. The second-order valence-electron chi connectivity index (χ2n) is 5.62. The van der Waals surface area contributed by atoms with E-state index in [0.717, 1.165) is 62.2 Å². The lowest BCUT2D eigenvalue weighted by Gasteiger charge is -2.28. The Kier molecular flexibility index (Phi) is 5.43. The Morgan fingerprint density at radius 3 is 2.90 bits per heavy atom. The Balaban J connectivity index is 2.05. The van der Waals surface area contributed by atoms with E-state index >= 15 is 0 Å². The van der Waals surface area contributed by atoms with E-state index < -0.39 is 0 Å². The largest absolute Gasteiger partial charge is 0.383 e. The SMILES string of the molecule is COCCNCC1(Cc2c(Cl)c(C)nn2C)CCOC1. The fourth-order valence-corrected chi connectivity index (χ4v) is 2.97. The lowest BCUT2D eigenvalue weighted by atomic mass is 9.82. The fraction of sp³-hybridized carbons (Fsp3) is 0.786. The number of methoxy groups -OCH3 is 1. The van der Waals surface area contributed by atoms with Crippen molar-refractivity contribution in [1.82, 2.24) is 15.1 Å². The second-order valence-corrected chi connectivity index (χ2v) is 6.00. The highest BCUT2D eigenvalue weighted by molar-refractivity contribution is 6.31. The average molecular weight is 302 g/mol. The summed E-state index contributed by atoms with van der Waals surface area (Å²) in [7, 11) is 3.67. The molecule has 1 unspecified atom stereocenters. The van der Waals surface area contributed by atoms with Gasteiger partial charge in [0, 0.05) is 39.3 Å². The maximum absolute atomic E-state index is 6.37. The van der Waals surface area contributed by atoms with Crippen molar-refractivity contribution in [3.05, 3.63) is 16.4 Å². The number of nitrogens with one attached hydrogen (secondary N) is 1. The molecule has 5 nitrogen and oxygen atoms in total. The number of nitrogens with zero attached hydrogens (tertiary/aromatic N) is 2. The van der Waals surface area contributed by atoms with E-state index in [0.29, 0.717) is 0 Å². The van der Waals surface area contributed by atoms with Gasteiger partial charge in [0.2, 0.25) is 0 Å². The van der Waals surface area contributed by atoms with Gasteiger partial charge in [-0.2, -0.15) is 5.10 Å². The van der Waals surface area contributed by atoms with Crippen LogP contribution in [0.4, 0.5) is 0 Å². The van der Waals surface area contributed by atoms with Gasteiger partial charge in [-0.25, -0.2) is 0 Å². The minimum absolute atomic E-state index is 0.109. The van der Waals surface area contributed by atoms with Crippen LogP contribution in [0.2, 0.25) is 5.02 Å². The van der Waals surface area contributed by atoms with Gasteiger partial charge in [-0.1, -0.05) is 11.6 Å². The minimum atomic E-state index is 0.109. The van der Waals surface area contributed by atoms with Gasteiger partial charge in [0.1, 0.15) is 0 Å². The number of aromatic nitrogens is 2. The maximum Gasteiger partial charge on any atom is 0.0847 e. The first kappa shape index (κ1) is 15.8. The summed E-state index contributed by atoms with van der Waals surface area (Å²) in [6.07, 6.45) is 1.94. The van der Waals surface area contributed by atoms with Gasteiger partial charge in [-0.3, -0.25) is 4.68 Å². The fourth-order valence-electron chi connectivity index (χ4n) is 2.75. The third-order valence-electron chi connectivity index (χ3n) is 3.97. The van der Waals surface area contributed by atoms with Crippen LogP contribution in [-0.2, 0) is 22.9 Å². The average Bonchev–Trinajstić information content (AvgIpc) is 2.97. The molecule has 1 aromatic rings. The van der Waals surface area contributed by atoms with Crippen molar-refractivity contribution in [2.24, 2.45) is 12.5 Å². The molecule has 0 saturated carbocycles. The van der Waals surface area contributed by atoms with Crippen molar-refractivity contribution in [3.63, 3.8) is 0 Å². The van der Waals surface area contributed by atoms with Crippen LogP contribution in [0, 0.1) is 12.3 Å². The number of halogens is 1. The van der Waals surface area contributed by atoms with E-state index in [-0.39, 0.29) is 5.41 Å². The van der Waals surface area contributed by atoms with E-state index in [1.54, 1.807) is 7.11 Å². The van der Waals surface area contributed by atoms with Gasteiger partial charge < -0.3 is 14.8 Å². The summed E-state index contributed by atoms with van der Waals surface area (Å²) in [5, 5.41) is 8.64. The van der Waals surface area contributed by atoms with Crippen LogP contribution in [0.25, 0.3) is 0 Å². The summed E-state index contributed by atoms with van der Waals surface area (Å²) in [5.74, 6) is 0. The molecule has 1 atom stereocenters. The van der Waals surface area contributed by atoms with Crippen LogP contribution in [0.15, 0.2) is 0 Å². The Morgan fingerprint density at radius 1 is 1.55 bits per heavy atom. The Hall–Kier alpha value is -0.620. The number of hydrogen-bond acceptors (Lipinski definition) is 4. The van der Waals surface area contributed by atoms with E-state index in [4.69, 9.17) is 21.1 Å². The molecule has 0 radical (unpaired) electrons. The van der Waals surface area contributed by atoms with E-state index in [9.17, 15) is 0 Å². The Labute approximate surface area is 125 Å². The monoisotopic (exact) mass is 301 g/mol. The molecule has 20 heavy (non-hydrogen) atoms. The predicted molar refractivity (Wildman–Crippen MR) is 79.3 cm³/mol. The number of ether oxygens (including phenoxy) is 2. The molecule has 0 aromatic carbocycles. The summed E-state index contributed by atoms with van der Waals surface area (Å²) in [6, 6.07) is 0. The van der Waals surface area contributed by atoms with Gasteiger partial charge in [0.25, 0.3) is 0 Å². The summed E-state index contributed by atoms with van der Waals surface area (Å²) < 4.78 is 12.6. The first-order valence-corrected chi connectivity index (χ1v) is 7.41. The van der Waals surface area contributed by atoms with Crippen molar-refractivity contribution in [2.75, 3.05) is 40.0 Å². The lowest BCUT2D eigenvalue weighted by Crippen LogP contribution is -2.38. The highest BCUT2D eigenvalue weighted by atomic mass is 35.5. The zero-order chi connectivity index (χ0) is 14.6. The molecule has 0 bridgehead atoms. The quantitative estimate of drug-likeness (QED) is 0.777. The van der Waals surface area contributed by atoms with E-state index in [1.165, 1.54) is 0 Å². The zero-order valence-electron chi connectivity index (χ0n) is 12.5. The molecule has 1 aromatic heterocycles. The van der Waals surface area contributed by atoms with Gasteiger partial charge in [-0.05, 0) is 19.8 Å². The van der Waals surface area contributed by atoms with Crippen LogP contribution in [0.1, 0.15) is 17.8 Å². The summed E-state index contributed by atoms with van der Waals surface area (Å²) >= 11 is 6.37. The summed E-state index contributed by atoms with van der Waals surface area (Å²) in [6.45, 7) is 6.03. The molecule has 2 heterocycles. The van der Waals surface area contributed by atoms with E-state index in [2.05, 4.69) is 10.4 Å². The highest BCUT2D eigenvalue weighted by Crippen LogP contribution is 2.34.